The van der Waals surface area contributed by atoms with Crippen LogP contribution in [0.3, 0.4) is 0 Å². The maximum atomic E-state index is 11.4. The van der Waals surface area contributed by atoms with Crippen molar-refractivity contribution in [3.05, 3.63) is 41.9 Å². The van der Waals surface area contributed by atoms with Crippen LogP contribution in [-0.4, -0.2) is 29.5 Å². The van der Waals surface area contributed by atoms with Gasteiger partial charge in [0.05, 0.1) is 7.11 Å². The van der Waals surface area contributed by atoms with Crippen LogP contribution in [0.15, 0.2) is 30.6 Å². The molecule has 7 heteroatoms. The fourth-order valence-corrected chi connectivity index (χ4v) is 2.28. The lowest BCUT2D eigenvalue weighted by molar-refractivity contribution is 0.0992. The standard InChI is InChI=1S/C19H26N4O3/c1-19(2,3)7-8-21-12-13-5-6-14(15(11-13)25-4)26-18-16(17(20)24)22-9-10-23-18/h5-6,9-11,21H,7-8,12H2,1-4H3,(H2,20,24). The molecule has 1 heterocycles. The van der Waals surface area contributed by atoms with Crippen LogP contribution >= 0.6 is 0 Å². The number of nitrogens with zero attached hydrogens (tertiary/aromatic N) is 2. The van der Waals surface area contributed by atoms with Crippen molar-refractivity contribution >= 4 is 5.91 Å². The Morgan fingerprint density at radius 3 is 2.58 bits per heavy atom. The van der Waals surface area contributed by atoms with Crippen molar-refractivity contribution in [1.82, 2.24) is 15.3 Å². The average molecular weight is 358 g/mol. The van der Waals surface area contributed by atoms with Gasteiger partial charge in [-0.15, -0.1) is 0 Å². The SMILES string of the molecule is COc1cc(CNCCC(C)(C)C)ccc1Oc1nccnc1C(N)=O. The Kier molecular flexibility index (Phi) is 6.52. The second kappa shape index (κ2) is 8.62. The van der Waals surface area contributed by atoms with Gasteiger partial charge < -0.3 is 20.5 Å². The molecular weight excluding hydrogens is 332 g/mol. The second-order valence-electron chi connectivity index (χ2n) is 7.15. The van der Waals surface area contributed by atoms with Crippen LogP contribution in [0.5, 0.6) is 17.4 Å². The predicted molar refractivity (Wildman–Crippen MR) is 99.4 cm³/mol. The highest BCUT2D eigenvalue weighted by molar-refractivity contribution is 5.92. The molecule has 1 aromatic carbocycles. The Morgan fingerprint density at radius 1 is 1.19 bits per heavy atom. The van der Waals surface area contributed by atoms with Crippen LogP contribution in [0.2, 0.25) is 0 Å². The number of hydrogen-bond donors (Lipinski definition) is 2. The van der Waals surface area contributed by atoms with Gasteiger partial charge in [0, 0.05) is 18.9 Å². The lowest BCUT2D eigenvalue weighted by atomic mass is 9.92. The first kappa shape index (κ1) is 19.7. The Bertz CT molecular complexity index is 757. The van der Waals surface area contributed by atoms with Crippen LogP contribution in [-0.2, 0) is 6.54 Å². The van der Waals surface area contributed by atoms with E-state index in [9.17, 15) is 4.79 Å². The summed E-state index contributed by atoms with van der Waals surface area (Å²) in [5.74, 6) is 0.330. The van der Waals surface area contributed by atoms with E-state index in [0.29, 0.717) is 16.9 Å². The van der Waals surface area contributed by atoms with Gasteiger partial charge in [-0.2, -0.15) is 0 Å². The number of carbonyl (C=O) groups is 1. The maximum Gasteiger partial charge on any atom is 0.272 e. The number of hydrogen-bond acceptors (Lipinski definition) is 6. The molecule has 0 atom stereocenters. The lowest BCUT2D eigenvalue weighted by Crippen LogP contribution is -2.20. The Hall–Kier alpha value is -2.67. The fraction of sp³-hybridized carbons (Fsp3) is 0.421. The quantitative estimate of drug-likeness (QED) is 0.704. The Labute approximate surface area is 153 Å². The normalized spacial score (nSPS) is 11.2. The topological polar surface area (TPSA) is 99.4 Å². The van der Waals surface area contributed by atoms with Crippen molar-refractivity contribution < 1.29 is 14.3 Å². The van der Waals surface area contributed by atoms with Crippen molar-refractivity contribution in [3.63, 3.8) is 0 Å². The van der Waals surface area contributed by atoms with Crippen LogP contribution < -0.4 is 20.5 Å². The summed E-state index contributed by atoms with van der Waals surface area (Å²) in [6, 6.07) is 5.60. The van der Waals surface area contributed by atoms with Gasteiger partial charge in [0.15, 0.2) is 17.2 Å². The molecule has 0 fully saturated rings. The summed E-state index contributed by atoms with van der Waals surface area (Å²) >= 11 is 0. The summed E-state index contributed by atoms with van der Waals surface area (Å²) in [5, 5.41) is 3.42. The van der Waals surface area contributed by atoms with Gasteiger partial charge in [-0.25, -0.2) is 9.97 Å². The smallest absolute Gasteiger partial charge is 0.272 e. The van der Waals surface area contributed by atoms with Crippen LogP contribution in [0.4, 0.5) is 0 Å². The number of benzene rings is 1. The summed E-state index contributed by atoms with van der Waals surface area (Å²) in [5.41, 5.74) is 6.64. The van der Waals surface area contributed by atoms with Gasteiger partial charge in [-0.05, 0) is 36.1 Å². The zero-order chi connectivity index (χ0) is 19.2. The minimum Gasteiger partial charge on any atom is -0.493 e. The van der Waals surface area contributed by atoms with E-state index < -0.39 is 5.91 Å². The van der Waals surface area contributed by atoms with E-state index in [1.54, 1.807) is 13.2 Å². The monoisotopic (exact) mass is 358 g/mol. The molecule has 0 spiro atoms. The molecule has 0 radical (unpaired) electrons. The molecule has 1 aromatic heterocycles. The number of aromatic nitrogens is 2. The second-order valence-corrected chi connectivity index (χ2v) is 7.15. The number of carbonyl (C=O) groups excluding carboxylic acids is 1. The summed E-state index contributed by atoms with van der Waals surface area (Å²) in [4.78, 5) is 19.4. The molecule has 0 bridgehead atoms. The van der Waals surface area contributed by atoms with Crippen LogP contribution in [0.1, 0.15) is 43.2 Å². The van der Waals surface area contributed by atoms with E-state index in [1.807, 2.05) is 12.1 Å². The Morgan fingerprint density at radius 2 is 1.92 bits per heavy atom. The number of rotatable bonds is 8. The number of amides is 1. The molecule has 7 nitrogen and oxygen atoms in total. The van der Waals surface area contributed by atoms with Crippen LogP contribution in [0.25, 0.3) is 0 Å². The highest BCUT2D eigenvalue weighted by atomic mass is 16.5. The molecule has 2 aromatic rings. The summed E-state index contributed by atoms with van der Waals surface area (Å²) in [6.45, 7) is 8.32. The summed E-state index contributed by atoms with van der Waals surface area (Å²) in [6.07, 6.45) is 3.91. The van der Waals surface area contributed by atoms with Crippen LogP contribution in [0, 0.1) is 5.41 Å². The Balaban J connectivity index is 2.08. The molecular formula is C19H26N4O3. The maximum absolute atomic E-state index is 11.4. The summed E-state index contributed by atoms with van der Waals surface area (Å²) in [7, 11) is 1.56. The van der Waals surface area contributed by atoms with Gasteiger partial charge in [0.25, 0.3) is 11.8 Å². The highest BCUT2D eigenvalue weighted by Gasteiger charge is 2.15. The molecule has 3 N–H and O–H groups in total. The molecule has 26 heavy (non-hydrogen) atoms. The van der Waals surface area contributed by atoms with E-state index in [-0.39, 0.29) is 11.6 Å². The molecule has 1 amide bonds. The third-order valence-corrected chi connectivity index (χ3v) is 3.71. The van der Waals surface area contributed by atoms with E-state index in [2.05, 4.69) is 36.1 Å². The number of nitrogens with two attached hydrogens (primary N) is 1. The zero-order valence-corrected chi connectivity index (χ0v) is 15.7. The first-order valence-corrected chi connectivity index (χ1v) is 8.46. The van der Waals surface area contributed by atoms with Gasteiger partial charge in [0.2, 0.25) is 0 Å². The first-order valence-electron chi connectivity index (χ1n) is 8.46. The zero-order valence-electron chi connectivity index (χ0n) is 15.7. The largest absolute Gasteiger partial charge is 0.493 e. The third-order valence-electron chi connectivity index (χ3n) is 3.71. The van der Waals surface area contributed by atoms with E-state index in [4.69, 9.17) is 15.2 Å². The number of primary amides is 1. The minimum atomic E-state index is -0.702. The molecule has 2 rings (SSSR count). The van der Waals surface area contributed by atoms with Gasteiger partial charge in [0.1, 0.15) is 0 Å². The molecule has 140 valence electrons. The molecule has 0 aliphatic carbocycles. The van der Waals surface area contributed by atoms with Gasteiger partial charge in [-0.3, -0.25) is 4.79 Å². The van der Waals surface area contributed by atoms with E-state index in [0.717, 1.165) is 25.1 Å². The lowest BCUT2D eigenvalue weighted by Gasteiger charge is -2.18. The fourth-order valence-electron chi connectivity index (χ4n) is 2.28. The number of methoxy groups -OCH3 is 1. The minimum absolute atomic E-state index is 0.0255. The van der Waals surface area contributed by atoms with Gasteiger partial charge in [-0.1, -0.05) is 26.8 Å². The molecule has 0 aliphatic rings. The first-order chi connectivity index (χ1) is 12.3. The van der Waals surface area contributed by atoms with Gasteiger partial charge >= 0.3 is 0 Å². The van der Waals surface area contributed by atoms with Crippen molar-refractivity contribution in [2.24, 2.45) is 11.1 Å². The highest BCUT2D eigenvalue weighted by Crippen LogP contribution is 2.32. The van der Waals surface area contributed by atoms with Crippen molar-refractivity contribution in [3.8, 4) is 17.4 Å². The van der Waals surface area contributed by atoms with E-state index in [1.165, 1.54) is 12.4 Å². The molecule has 0 aliphatic heterocycles. The molecule has 0 unspecified atom stereocenters. The van der Waals surface area contributed by atoms with Crippen molar-refractivity contribution in [2.75, 3.05) is 13.7 Å². The number of nitrogens with one attached hydrogen (secondary N) is 1. The molecule has 0 saturated carbocycles. The van der Waals surface area contributed by atoms with E-state index >= 15 is 0 Å². The predicted octanol–water partition coefficient (Wildman–Crippen LogP) is 2.90. The molecule has 0 saturated heterocycles. The third kappa shape index (κ3) is 5.70. The van der Waals surface area contributed by atoms with Crippen molar-refractivity contribution in [2.45, 2.75) is 33.7 Å². The summed E-state index contributed by atoms with van der Waals surface area (Å²) < 4.78 is 11.1. The number of ether oxygens (including phenoxy) is 2. The average Bonchev–Trinajstić information content (AvgIpc) is 2.59. The van der Waals surface area contributed by atoms with Crippen molar-refractivity contribution in [1.29, 1.82) is 0 Å².